The Balaban J connectivity index is 1.63. The van der Waals surface area contributed by atoms with Crippen molar-refractivity contribution >= 4 is 5.96 Å². The minimum absolute atomic E-state index is 0.236. The second kappa shape index (κ2) is 8.71. The highest BCUT2D eigenvalue weighted by Gasteiger charge is 2.25. The van der Waals surface area contributed by atoms with Crippen LogP contribution in [0.4, 0.5) is 0 Å². The highest BCUT2D eigenvalue weighted by Crippen LogP contribution is 2.24. The van der Waals surface area contributed by atoms with Crippen LogP contribution in [0.1, 0.15) is 37.1 Å². The second-order valence-corrected chi connectivity index (χ2v) is 6.37. The van der Waals surface area contributed by atoms with Crippen molar-refractivity contribution < 1.29 is 4.42 Å². The first kappa shape index (κ1) is 17.5. The molecule has 0 bridgehead atoms. The van der Waals surface area contributed by atoms with E-state index >= 15 is 0 Å². The molecule has 25 heavy (non-hydrogen) atoms. The van der Waals surface area contributed by atoms with Crippen LogP contribution in [0.2, 0.25) is 0 Å². The monoisotopic (exact) mass is 344 g/mol. The fourth-order valence-electron chi connectivity index (χ4n) is 3.20. The molecule has 0 spiro atoms. The summed E-state index contributed by atoms with van der Waals surface area (Å²) in [6.45, 7) is 6.53. The van der Waals surface area contributed by atoms with Crippen LogP contribution in [0.3, 0.4) is 0 Å². The molecular weight excluding hydrogens is 316 g/mol. The second-order valence-electron chi connectivity index (χ2n) is 6.37. The largest absolute Gasteiger partial charge is 0.468 e. The van der Waals surface area contributed by atoms with E-state index in [1.165, 1.54) is 12.8 Å². The number of nitrogens with one attached hydrogen (secondary N) is 2. The van der Waals surface area contributed by atoms with Gasteiger partial charge in [0.1, 0.15) is 5.76 Å². The molecule has 2 aromatic rings. The van der Waals surface area contributed by atoms with Gasteiger partial charge in [-0.05, 0) is 45.0 Å². The van der Waals surface area contributed by atoms with Gasteiger partial charge in [0.25, 0.3) is 0 Å². The molecule has 3 rings (SSSR count). The number of aliphatic imine (C=N–C) groups is 1. The summed E-state index contributed by atoms with van der Waals surface area (Å²) in [4.78, 5) is 7.15. The number of likely N-dealkylation sites (tertiary alicyclic amines) is 1. The maximum absolute atomic E-state index is 5.68. The van der Waals surface area contributed by atoms with Crippen LogP contribution in [0.25, 0.3) is 0 Å². The molecule has 3 heterocycles. The molecule has 1 aliphatic heterocycles. The number of guanidine groups is 1. The van der Waals surface area contributed by atoms with Crippen molar-refractivity contribution in [1.82, 2.24) is 25.3 Å². The molecule has 1 aliphatic rings. The minimum atomic E-state index is 0.236. The van der Waals surface area contributed by atoms with Crippen LogP contribution < -0.4 is 10.6 Å². The number of aromatic nitrogens is 2. The molecule has 1 saturated heterocycles. The molecular formula is C18H28N6O. The number of rotatable bonds is 7. The van der Waals surface area contributed by atoms with Gasteiger partial charge < -0.3 is 15.1 Å². The SMILES string of the molecule is CCNC(=NCc1cnn(C)c1)NCC(c1ccco1)N1CCCC1. The zero-order valence-electron chi connectivity index (χ0n) is 15.1. The zero-order valence-corrected chi connectivity index (χ0v) is 15.1. The van der Waals surface area contributed by atoms with Crippen molar-refractivity contribution in [3.05, 3.63) is 42.1 Å². The van der Waals surface area contributed by atoms with Crippen molar-refractivity contribution in [2.24, 2.45) is 12.0 Å². The van der Waals surface area contributed by atoms with Crippen LogP contribution in [0.15, 0.2) is 40.2 Å². The van der Waals surface area contributed by atoms with Gasteiger partial charge >= 0.3 is 0 Å². The molecule has 1 fully saturated rings. The number of hydrogen-bond donors (Lipinski definition) is 2. The van der Waals surface area contributed by atoms with Gasteiger partial charge in [-0.25, -0.2) is 4.99 Å². The molecule has 0 aromatic carbocycles. The molecule has 0 saturated carbocycles. The zero-order chi connectivity index (χ0) is 17.5. The maximum Gasteiger partial charge on any atom is 0.191 e. The molecule has 1 atom stereocenters. The predicted octanol–water partition coefficient (Wildman–Crippen LogP) is 1.91. The standard InChI is InChI=1S/C18H28N6O/c1-3-19-18(20-11-15-12-22-23(2)14-15)21-13-16(17-7-6-10-25-17)24-8-4-5-9-24/h6-7,10,12,14,16H,3-5,8-9,11,13H2,1-2H3,(H2,19,20,21). The van der Waals surface area contributed by atoms with Crippen molar-refractivity contribution in [2.75, 3.05) is 26.2 Å². The van der Waals surface area contributed by atoms with Gasteiger partial charge in [0, 0.05) is 31.9 Å². The van der Waals surface area contributed by atoms with Crippen LogP contribution in [0.5, 0.6) is 0 Å². The van der Waals surface area contributed by atoms with E-state index in [4.69, 9.17) is 4.42 Å². The van der Waals surface area contributed by atoms with E-state index < -0.39 is 0 Å². The molecule has 1 unspecified atom stereocenters. The van der Waals surface area contributed by atoms with E-state index in [9.17, 15) is 0 Å². The van der Waals surface area contributed by atoms with Gasteiger partial charge in [-0.15, -0.1) is 0 Å². The van der Waals surface area contributed by atoms with E-state index in [2.05, 4.69) is 38.6 Å². The van der Waals surface area contributed by atoms with Gasteiger partial charge in [-0.2, -0.15) is 5.10 Å². The van der Waals surface area contributed by atoms with E-state index in [-0.39, 0.29) is 6.04 Å². The Morgan fingerprint density at radius 2 is 2.20 bits per heavy atom. The summed E-state index contributed by atoms with van der Waals surface area (Å²) >= 11 is 0. The summed E-state index contributed by atoms with van der Waals surface area (Å²) in [5.41, 5.74) is 1.10. The molecule has 0 amide bonds. The van der Waals surface area contributed by atoms with Gasteiger partial charge in [0.05, 0.1) is 25.0 Å². The fraction of sp³-hybridized carbons (Fsp3) is 0.556. The van der Waals surface area contributed by atoms with E-state index in [1.54, 1.807) is 10.9 Å². The highest BCUT2D eigenvalue weighted by molar-refractivity contribution is 5.79. The fourth-order valence-corrected chi connectivity index (χ4v) is 3.20. The summed E-state index contributed by atoms with van der Waals surface area (Å²) in [6, 6.07) is 4.25. The molecule has 2 aromatic heterocycles. The van der Waals surface area contributed by atoms with Gasteiger partial charge in [-0.1, -0.05) is 0 Å². The molecule has 2 N–H and O–H groups in total. The third kappa shape index (κ3) is 4.85. The number of nitrogens with zero attached hydrogens (tertiary/aromatic N) is 4. The third-order valence-corrected chi connectivity index (χ3v) is 4.44. The van der Waals surface area contributed by atoms with Crippen molar-refractivity contribution in [1.29, 1.82) is 0 Å². The summed E-state index contributed by atoms with van der Waals surface area (Å²) in [6.07, 6.45) is 8.10. The lowest BCUT2D eigenvalue weighted by Gasteiger charge is -2.26. The first-order valence-electron chi connectivity index (χ1n) is 9.03. The molecule has 0 radical (unpaired) electrons. The predicted molar refractivity (Wildman–Crippen MR) is 98.3 cm³/mol. The average Bonchev–Trinajstić information content (AvgIpc) is 3.36. The lowest BCUT2D eigenvalue weighted by atomic mass is 10.2. The summed E-state index contributed by atoms with van der Waals surface area (Å²) < 4.78 is 7.48. The number of hydrogen-bond acceptors (Lipinski definition) is 4. The topological polar surface area (TPSA) is 70.6 Å². The summed E-state index contributed by atoms with van der Waals surface area (Å²) in [5.74, 6) is 1.83. The molecule has 7 nitrogen and oxygen atoms in total. The maximum atomic E-state index is 5.68. The Kier molecular flexibility index (Phi) is 6.11. The Bertz CT molecular complexity index is 657. The highest BCUT2D eigenvalue weighted by atomic mass is 16.3. The minimum Gasteiger partial charge on any atom is -0.468 e. The Hall–Kier alpha value is -2.28. The van der Waals surface area contributed by atoms with Crippen LogP contribution in [-0.4, -0.2) is 46.8 Å². The number of furan rings is 1. The van der Waals surface area contributed by atoms with E-state index in [0.29, 0.717) is 6.54 Å². The first-order chi connectivity index (χ1) is 12.3. The Morgan fingerprint density at radius 1 is 1.36 bits per heavy atom. The van der Waals surface area contributed by atoms with Crippen LogP contribution in [0, 0.1) is 0 Å². The van der Waals surface area contributed by atoms with Gasteiger partial charge in [0.15, 0.2) is 5.96 Å². The van der Waals surface area contributed by atoms with E-state index in [1.807, 2.05) is 25.5 Å². The van der Waals surface area contributed by atoms with Crippen molar-refractivity contribution in [2.45, 2.75) is 32.4 Å². The smallest absolute Gasteiger partial charge is 0.191 e. The van der Waals surface area contributed by atoms with Crippen LogP contribution >= 0.6 is 0 Å². The normalized spacial score (nSPS) is 17.0. The van der Waals surface area contributed by atoms with Crippen molar-refractivity contribution in [3.8, 4) is 0 Å². The Morgan fingerprint density at radius 3 is 2.84 bits per heavy atom. The Labute approximate surface area is 149 Å². The number of aryl methyl sites for hydroxylation is 1. The van der Waals surface area contributed by atoms with E-state index in [0.717, 1.165) is 43.5 Å². The van der Waals surface area contributed by atoms with Crippen LogP contribution in [-0.2, 0) is 13.6 Å². The molecule has 136 valence electrons. The third-order valence-electron chi connectivity index (χ3n) is 4.44. The van der Waals surface area contributed by atoms with Gasteiger partial charge in [0.2, 0.25) is 0 Å². The lowest BCUT2D eigenvalue weighted by molar-refractivity contribution is 0.215. The quantitative estimate of drug-likeness (QED) is 0.593. The molecule has 7 heteroatoms. The first-order valence-corrected chi connectivity index (χ1v) is 9.03. The molecule has 0 aliphatic carbocycles. The lowest BCUT2D eigenvalue weighted by Crippen LogP contribution is -2.42. The average molecular weight is 344 g/mol. The summed E-state index contributed by atoms with van der Waals surface area (Å²) in [5, 5.41) is 11.0. The van der Waals surface area contributed by atoms with Crippen molar-refractivity contribution in [3.63, 3.8) is 0 Å². The van der Waals surface area contributed by atoms with Gasteiger partial charge in [-0.3, -0.25) is 9.58 Å². The summed E-state index contributed by atoms with van der Waals surface area (Å²) in [7, 11) is 1.92.